The van der Waals surface area contributed by atoms with Crippen molar-refractivity contribution in [1.82, 2.24) is 9.88 Å². The number of benzene rings is 1. The van der Waals surface area contributed by atoms with E-state index in [4.69, 9.17) is 9.47 Å². The standard InChI is InChI=1S/C19H20N2O4/c22-17-16(15(6-9-20-17)14-4-2-1-3-5-14)18(23)21-10-7-19(8-11-21)24-12-13-25-19/h1-6,9H,7-8,10-13H2,(H,20,22). The van der Waals surface area contributed by atoms with Crippen LogP contribution >= 0.6 is 0 Å². The van der Waals surface area contributed by atoms with Crippen LogP contribution in [-0.2, 0) is 9.47 Å². The van der Waals surface area contributed by atoms with Crippen LogP contribution < -0.4 is 5.56 Å². The fourth-order valence-electron chi connectivity index (χ4n) is 3.54. The quantitative estimate of drug-likeness (QED) is 0.908. The predicted molar refractivity (Wildman–Crippen MR) is 92.3 cm³/mol. The molecule has 25 heavy (non-hydrogen) atoms. The summed E-state index contributed by atoms with van der Waals surface area (Å²) in [4.78, 5) is 29.8. The number of nitrogens with one attached hydrogen (secondary N) is 1. The SMILES string of the molecule is O=C(c1c(-c2ccccc2)cc[nH]c1=O)N1CCC2(CC1)OCCO2. The van der Waals surface area contributed by atoms with E-state index in [2.05, 4.69) is 4.98 Å². The molecule has 0 bridgehead atoms. The second kappa shape index (κ2) is 6.46. The Labute approximate surface area is 145 Å². The number of pyridine rings is 1. The number of nitrogens with zero attached hydrogens (tertiary/aromatic N) is 1. The number of aromatic amines is 1. The van der Waals surface area contributed by atoms with Crippen molar-refractivity contribution in [2.75, 3.05) is 26.3 Å². The molecule has 130 valence electrons. The van der Waals surface area contributed by atoms with Gasteiger partial charge in [-0.25, -0.2) is 0 Å². The molecule has 0 atom stereocenters. The zero-order chi connectivity index (χ0) is 17.3. The van der Waals surface area contributed by atoms with E-state index in [1.165, 1.54) is 0 Å². The van der Waals surface area contributed by atoms with E-state index >= 15 is 0 Å². The molecule has 2 aliphatic heterocycles. The average molecular weight is 340 g/mol. The number of rotatable bonds is 2. The first-order valence-corrected chi connectivity index (χ1v) is 8.53. The molecule has 1 N–H and O–H groups in total. The molecule has 2 saturated heterocycles. The Hall–Kier alpha value is -2.44. The molecule has 0 saturated carbocycles. The molecule has 3 heterocycles. The van der Waals surface area contributed by atoms with Crippen LogP contribution in [0.25, 0.3) is 11.1 Å². The Morgan fingerprint density at radius 1 is 1.04 bits per heavy atom. The third-order valence-electron chi connectivity index (χ3n) is 4.89. The van der Waals surface area contributed by atoms with E-state index < -0.39 is 5.79 Å². The van der Waals surface area contributed by atoms with Gasteiger partial charge in [0.05, 0.1) is 13.2 Å². The van der Waals surface area contributed by atoms with Crippen molar-refractivity contribution in [2.45, 2.75) is 18.6 Å². The Balaban J connectivity index is 1.62. The molecule has 1 spiro atoms. The molecular weight excluding hydrogens is 320 g/mol. The average Bonchev–Trinajstić information content (AvgIpc) is 3.10. The number of carbonyl (C=O) groups excluding carboxylic acids is 1. The van der Waals surface area contributed by atoms with Crippen LogP contribution in [0.5, 0.6) is 0 Å². The first kappa shape index (κ1) is 16.1. The molecule has 6 nitrogen and oxygen atoms in total. The number of carbonyl (C=O) groups is 1. The van der Waals surface area contributed by atoms with Gasteiger partial charge in [0, 0.05) is 37.7 Å². The number of piperidine rings is 1. The van der Waals surface area contributed by atoms with Crippen LogP contribution in [0.2, 0.25) is 0 Å². The lowest BCUT2D eigenvalue weighted by Crippen LogP contribution is -2.48. The zero-order valence-corrected chi connectivity index (χ0v) is 13.9. The summed E-state index contributed by atoms with van der Waals surface area (Å²) in [7, 11) is 0. The molecule has 2 aromatic rings. The highest BCUT2D eigenvalue weighted by molar-refractivity contribution is 6.00. The van der Waals surface area contributed by atoms with Crippen molar-refractivity contribution >= 4 is 5.91 Å². The van der Waals surface area contributed by atoms with Crippen LogP contribution in [0.4, 0.5) is 0 Å². The minimum Gasteiger partial charge on any atom is -0.347 e. The predicted octanol–water partition coefficient (Wildman–Crippen LogP) is 2.02. The molecule has 6 heteroatoms. The fraction of sp³-hybridized carbons (Fsp3) is 0.368. The summed E-state index contributed by atoms with van der Waals surface area (Å²) in [6, 6.07) is 11.3. The zero-order valence-electron chi connectivity index (χ0n) is 13.9. The summed E-state index contributed by atoms with van der Waals surface area (Å²) >= 11 is 0. The molecule has 1 aromatic carbocycles. The summed E-state index contributed by atoms with van der Waals surface area (Å²) in [6.45, 7) is 2.23. The smallest absolute Gasteiger partial charge is 0.261 e. The number of aromatic nitrogens is 1. The van der Waals surface area contributed by atoms with E-state index in [-0.39, 0.29) is 17.0 Å². The van der Waals surface area contributed by atoms with Crippen LogP contribution in [0.3, 0.4) is 0 Å². The van der Waals surface area contributed by atoms with Crippen molar-refractivity contribution in [1.29, 1.82) is 0 Å². The minimum absolute atomic E-state index is 0.193. The molecule has 0 aliphatic carbocycles. The van der Waals surface area contributed by atoms with Crippen molar-refractivity contribution in [3.8, 4) is 11.1 Å². The minimum atomic E-state index is -0.540. The van der Waals surface area contributed by atoms with Gasteiger partial charge in [0.2, 0.25) is 0 Å². The van der Waals surface area contributed by atoms with E-state index in [0.717, 1.165) is 5.56 Å². The maximum absolute atomic E-state index is 13.0. The lowest BCUT2D eigenvalue weighted by atomic mass is 9.98. The maximum atomic E-state index is 13.0. The van der Waals surface area contributed by atoms with Crippen LogP contribution in [0.15, 0.2) is 47.4 Å². The number of amides is 1. The molecule has 2 fully saturated rings. The van der Waals surface area contributed by atoms with E-state index in [0.29, 0.717) is 44.7 Å². The second-order valence-electron chi connectivity index (χ2n) is 6.36. The molecule has 2 aliphatic rings. The second-order valence-corrected chi connectivity index (χ2v) is 6.36. The van der Waals surface area contributed by atoms with Gasteiger partial charge in [0.15, 0.2) is 5.79 Å². The number of likely N-dealkylation sites (tertiary alicyclic amines) is 1. The molecule has 4 rings (SSSR count). The molecule has 1 aromatic heterocycles. The molecule has 0 radical (unpaired) electrons. The van der Waals surface area contributed by atoms with Crippen molar-refractivity contribution in [3.63, 3.8) is 0 Å². The number of ether oxygens (including phenoxy) is 2. The fourth-order valence-corrected chi connectivity index (χ4v) is 3.54. The number of hydrogen-bond donors (Lipinski definition) is 1. The normalized spacial score (nSPS) is 19.3. The van der Waals surface area contributed by atoms with Gasteiger partial charge in [-0.05, 0) is 11.6 Å². The van der Waals surface area contributed by atoms with Gasteiger partial charge >= 0.3 is 0 Å². The highest BCUT2D eigenvalue weighted by Gasteiger charge is 2.41. The first-order valence-electron chi connectivity index (χ1n) is 8.53. The molecule has 0 unspecified atom stereocenters. The summed E-state index contributed by atoms with van der Waals surface area (Å²) in [6.07, 6.45) is 2.83. The van der Waals surface area contributed by atoms with Crippen LogP contribution in [0.1, 0.15) is 23.2 Å². The Kier molecular flexibility index (Phi) is 4.15. The van der Waals surface area contributed by atoms with Gasteiger partial charge in [0.1, 0.15) is 5.56 Å². The summed E-state index contributed by atoms with van der Waals surface area (Å²) in [5.41, 5.74) is 1.34. The third kappa shape index (κ3) is 2.99. The van der Waals surface area contributed by atoms with Crippen LogP contribution in [-0.4, -0.2) is 47.9 Å². The van der Waals surface area contributed by atoms with Crippen molar-refractivity contribution in [3.05, 3.63) is 58.5 Å². The van der Waals surface area contributed by atoms with Crippen molar-refractivity contribution in [2.24, 2.45) is 0 Å². The highest BCUT2D eigenvalue weighted by atomic mass is 16.7. The number of hydrogen-bond acceptors (Lipinski definition) is 4. The monoisotopic (exact) mass is 340 g/mol. The lowest BCUT2D eigenvalue weighted by Gasteiger charge is -2.37. The van der Waals surface area contributed by atoms with Gasteiger partial charge < -0.3 is 19.4 Å². The first-order chi connectivity index (χ1) is 12.2. The van der Waals surface area contributed by atoms with Gasteiger partial charge in [-0.3, -0.25) is 9.59 Å². The van der Waals surface area contributed by atoms with E-state index in [9.17, 15) is 9.59 Å². The Morgan fingerprint density at radius 3 is 2.40 bits per heavy atom. The third-order valence-corrected chi connectivity index (χ3v) is 4.89. The van der Waals surface area contributed by atoms with Gasteiger partial charge in [-0.15, -0.1) is 0 Å². The van der Waals surface area contributed by atoms with E-state index in [1.807, 2.05) is 30.3 Å². The largest absolute Gasteiger partial charge is 0.347 e. The topological polar surface area (TPSA) is 71.6 Å². The van der Waals surface area contributed by atoms with E-state index in [1.54, 1.807) is 17.2 Å². The summed E-state index contributed by atoms with van der Waals surface area (Å²) in [5, 5.41) is 0. The lowest BCUT2D eigenvalue weighted by molar-refractivity contribution is -0.181. The van der Waals surface area contributed by atoms with Gasteiger partial charge in [-0.1, -0.05) is 30.3 Å². The van der Waals surface area contributed by atoms with Crippen molar-refractivity contribution < 1.29 is 14.3 Å². The molecule has 1 amide bonds. The Morgan fingerprint density at radius 2 is 1.72 bits per heavy atom. The highest BCUT2D eigenvalue weighted by Crippen LogP contribution is 2.32. The van der Waals surface area contributed by atoms with Gasteiger partial charge in [-0.2, -0.15) is 0 Å². The van der Waals surface area contributed by atoms with Gasteiger partial charge in [0.25, 0.3) is 11.5 Å². The Bertz CT molecular complexity index is 815. The summed E-state index contributed by atoms with van der Waals surface area (Å²) < 4.78 is 11.4. The summed E-state index contributed by atoms with van der Waals surface area (Å²) in [5.74, 6) is -0.782. The number of H-pyrrole nitrogens is 1. The maximum Gasteiger partial charge on any atom is 0.261 e. The molecular formula is C19H20N2O4. The van der Waals surface area contributed by atoms with Crippen LogP contribution in [0, 0.1) is 0 Å².